The number of carbonyl (C=O) groups is 1. The van der Waals surface area contributed by atoms with E-state index < -0.39 is 34.4 Å². The summed E-state index contributed by atoms with van der Waals surface area (Å²) in [5.74, 6) is -0.279. The molecule has 0 bridgehead atoms. The molecule has 3 heterocycles. The molecule has 3 aromatic heterocycles. The number of carbonyl (C=O) groups excluding carboxylic acids is 1. The summed E-state index contributed by atoms with van der Waals surface area (Å²) >= 11 is 0. The van der Waals surface area contributed by atoms with Crippen LogP contribution in [0.4, 0.5) is 13.2 Å². The molecule has 214 valence electrons. The van der Waals surface area contributed by atoms with E-state index in [-0.39, 0.29) is 43.4 Å². The van der Waals surface area contributed by atoms with Crippen molar-refractivity contribution in [3.8, 4) is 11.4 Å². The van der Waals surface area contributed by atoms with Crippen molar-refractivity contribution in [2.24, 2.45) is 5.41 Å². The van der Waals surface area contributed by atoms with Crippen molar-refractivity contribution in [2.75, 3.05) is 0 Å². The standard InChI is InChI=1S/C27H31F3N6O4/c1-6-11-35-23(37)20-22(34(7-2)25(35)39)32-21(36(20)16-40-24(38)26(3,4)5)18-13-31-33(15-18)14-17-9-8-10-19(12-17)27(28,29)30/h8-10,12-13,15H,6-7,11,14,16H2,1-5H3. The zero-order chi connectivity index (χ0) is 29.4. The summed E-state index contributed by atoms with van der Waals surface area (Å²) in [5.41, 5.74) is -1.58. The second kappa shape index (κ2) is 10.8. The van der Waals surface area contributed by atoms with Gasteiger partial charge in [-0.2, -0.15) is 18.3 Å². The molecular weight excluding hydrogens is 529 g/mol. The molecule has 0 fully saturated rings. The summed E-state index contributed by atoms with van der Waals surface area (Å²) in [6, 6.07) is 4.95. The van der Waals surface area contributed by atoms with Gasteiger partial charge in [-0.25, -0.2) is 9.78 Å². The van der Waals surface area contributed by atoms with Gasteiger partial charge >= 0.3 is 17.8 Å². The Labute approximate surface area is 227 Å². The summed E-state index contributed by atoms with van der Waals surface area (Å²) in [5, 5.41) is 4.28. The summed E-state index contributed by atoms with van der Waals surface area (Å²) in [6.07, 6.45) is -0.897. The molecule has 0 atom stereocenters. The number of hydrogen-bond acceptors (Lipinski definition) is 6. The SMILES string of the molecule is CCCn1c(=O)c2c(nc(-c3cnn(Cc4cccc(C(F)(F)F)c4)c3)n2COC(=O)C(C)(C)C)n(CC)c1=O. The van der Waals surface area contributed by atoms with Crippen LogP contribution in [0, 0.1) is 5.41 Å². The van der Waals surface area contributed by atoms with Crippen molar-refractivity contribution in [1.29, 1.82) is 0 Å². The van der Waals surface area contributed by atoms with Crippen LogP contribution in [0.3, 0.4) is 0 Å². The maximum absolute atomic E-state index is 13.5. The Balaban J connectivity index is 1.84. The highest BCUT2D eigenvalue weighted by Crippen LogP contribution is 2.30. The van der Waals surface area contributed by atoms with Gasteiger partial charge in [0.25, 0.3) is 5.56 Å². The molecule has 0 aliphatic carbocycles. The smallest absolute Gasteiger partial charge is 0.416 e. The number of fused-ring (bicyclic) bond motifs is 1. The minimum absolute atomic E-state index is 0.0478. The number of imidazole rings is 1. The number of ether oxygens (including phenoxy) is 1. The quantitative estimate of drug-likeness (QED) is 0.298. The van der Waals surface area contributed by atoms with Gasteiger partial charge in [0, 0.05) is 19.3 Å². The molecule has 1 aromatic carbocycles. The van der Waals surface area contributed by atoms with Crippen molar-refractivity contribution in [2.45, 2.75) is 73.6 Å². The van der Waals surface area contributed by atoms with Crippen LogP contribution >= 0.6 is 0 Å². The van der Waals surface area contributed by atoms with Crippen LogP contribution in [0.5, 0.6) is 0 Å². The van der Waals surface area contributed by atoms with Crippen LogP contribution in [-0.4, -0.2) is 34.4 Å². The fraction of sp³-hybridized carbons (Fsp3) is 0.444. The molecule has 0 saturated carbocycles. The number of halogens is 3. The third-order valence-corrected chi connectivity index (χ3v) is 6.31. The highest BCUT2D eigenvalue weighted by molar-refractivity contribution is 5.78. The number of aromatic nitrogens is 6. The van der Waals surface area contributed by atoms with Gasteiger partial charge in [-0.15, -0.1) is 0 Å². The van der Waals surface area contributed by atoms with Gasteiger partial charge in [0.2, 0.25) is 0 Å². The van der Waals surface area contributed by atoms with Crippen molar-refractivity contribution in [3.63, 3.8) is 0 Å². The lowest BCUT2D eigenvalue weighted by Crippen LogP contribution is -2.40. The second-order valence-electron chi connectivity index (χ2n) is 10.5. The molecule has 40 heavy (non-hydrogen) atoms. The van der Waals surface area contributed by atoms with E-state index in [1.807, 2.05) is 6.92 Å². The Morgan fingerprint density at radius 3 is 2.40 bits per heavy atom. The zero-order valence-electron chi connectivity index (χ0n) is 22.9. The molecular formula is C27H31F3N6O4. The molecule has 4 rings (SSSR count). The molecule has 0 amide bonds. The second-order valence-corrected chi connectivity index (χ2v) is 10.5. The largest absolute Gasteiger partial charge is 0.443 e. The lowest BCUT2D eigenvalue weighted by Gasteiger charge is -2.18. The number of benzene rings is 1. The first-order valence-electron chi connectivity index (χ1n) is 12.9. The average Bonchev–Trinajstić information content (AvgIpc) is 3.49. The highest BCUT2D eigenvalue weighted by atomic mass is 19.4. The maximum atomic E-state index is 13.5. The van der Waals surface area contributed by atoms with Gasteiger partial charge in [-0.1, -0.05) is 19.1 Å². The van der Waals surface area contributed by atoms with E-state index in [1.54, 1.807) is 40.0 Å². The van der Waals surface area contributed by atoms with Gasteiger partial charge in [-0.3, -0.25) is 28.0 Å². The lowest BCUT2D eigenvalue weighted by molar-refractivity contribution is -0.156. The van der Waals surface area contributed by atoms with Crippen LogP contribution in [0.1, 0.15) is 52.2 Å². The van der Waals surface area contributed by atoms with Crippen LogP contribution in [0.15, 0.2) is 46.2 Å². The van der Waals surface area contributed by atoms with Gasteiger partial charge in [0.15, 0.2) is 17.9 Å². The molecule has 0 spiro atoms. The first-order chi connectivity index (χ1) is 18.8. The van der Waals surface area contributed by atoms with Gasteiger partial charge < -0.3 is 4.74 Å². The van der Waals surface area contributed by atoms with Crippen LogP contribution in [0.2, 0.25) is 0 Å². The van der Waals surface area contributed by atoms with Gasteiger partial charge in [-0.05, 0) is 51.8 Å². The topological polar surface area (TPSA) is 106 Å². The number of esters is 1. The fourth-order valence-electron chi connectivity index (χ4n) is 4.28. The van der Waals surface area contributed by atoms with E-state index in [0.717, 1.165) is 16.7 Å². The molecule has 13 heteroatoms. The third kappa shape index (κ3) is 5.58. The Bertz CT molecular complexity index is 1670. The van der Waals surface area contributed by atoms with E-state index in [9.17, 15) is 27.6 Å². The van der Waals surface area contributed by atoms with Gasteiger partial charge in [0.1, 0.15) is 5.82 Å². The minimum Gasteiger partial charge on any atom is -0.443 e. The summed E-state index contributed by atoms with van der Waals surface area (Å²) < 4.78 is 50.4. The number of hydrogen-bond donors (Lipinski definition) is 0. The number of rotatable bonds is 8. The number of alkyl halides is 3. The van der Waals surface area contributed by atoms with E-state index in [4.69, 9.17) is 4.74 Å². The Morgan fingerprint density at radius 1 is 1.05 bits per heavy atom. The Hall–Kier alpha value is -4.16. The van der Waals surface area contributed by atoms with Crippen molar-refractivity contribution in [3.05, 3.63) is 68.6 Å². The zero-order valence-corrected chi connectivity index (χ0v) is 22.9. The van der Waals surface area contributed by atoms with E-state index in [1.165, 1.54) is 26.1 Å². The predicted octanol–water partition coefficient (Wildman–Crippen LogP) is 4.27. The number of aryl methyl sites for hydroxylation is 1. The molecule has 0 aliphatic heterocycles. The monoisotopic (exact) mass is 560 g/mol. The van der Waals surface area contributed by atoms with E-state index in [2.05, 4.69) is 10.1 Å². The van der Waals surface area contributed by atoms with E-state index >= 15 is 0 Å². The first kappa shape index (κ1) is 28.8. The molecule has 0 saturated heterocycles. The maximum Gasteiger partial charge on any atom is 0.416 e. The summed E-state index contributed by atoms with van der Waals surface area (Å²) in [7, 11) is 0. The Morgan fingerprint density at radius 2 is 1.77 bits per heavy atom. The summed E-state index contributed by atoms with van der Waals surface area (Å²) in [4.78, 5) is 43.8. The first-order valence-corrected chi connectivity index (χ1v) is 12.9. The van der Waals surface area contributed by atoms with Crippen LogP contribution in [0.25, 0.3) is 22.6 Å². The minimum atomic E-state index is -4.47. The molecule has 4 aromatic rings. The summed E-state index contributed by atoms with van der Waals surface area (Å²) in [6.45, 7) is 8.84. The predicted molar refractivity (Wildman–Crippen MR) is 142 cm³/mol. The van der Waals surface area contributed by atoms with Crippen molar-refractivity contribution >= 4 is 17.1 Å². The third-order valence-electron chi connectivity index (χ3n) is 6.31. The van der Waals surface area contributed by atoms with Gasteiger partial charge in [0.05, 0.1) is 29.3 Å². The Kier molecular flexibility index (Phi) is 7.77. The average molecular weight is 561 g/mol. The highest BCUT2D eigenvalue weighted by Gasteiger charge is 2.30. The van der Waals surface area contributed by atoms with Crippen LogP contribution < -0.4 is 11.2 Å². The van der Waals surface area contributed by atoms with Crippen LogP contribution in [-0.2, 0) is 42.1 Å². The van der Waals surface area contributed by atoms with Crippen molar-refractivity contribution < 1.29 is 22.7 Å². The lowest BCUT2D eigenvalue weighted by atomic mass is 9.98. The molecule has 0 aliphatic rings. The number of nitrogens with zero attached hydrogens (tertiary/aromatic N) is 6. The van der Waals surface area contributed by atoms with E-state index in [0.29, 0.717) is 17.5 Å². The molecule has 0 N–H and O–H groups in total. The molecule has 0 unspecified atom stereocenters. The van der Waals surface area contributed by atoms with Crippen molar-refractivity contribution in [1.82, 2.24) is 28.5 Å². The molecule has 10 nitrogen and oxygen atoms in total. The normalized spacial score (nSPS) is 12.3. The molecule has 0 radical (unpaired) electrons. The fourth-order valence-corrected chi connectivity index (χ4v) is 4.28.